The van der Waals surface area contributed by atoms with E-state index in [2.05, 4.69) is 51.7 Å². The molecule has 0 fully saturated rings. The van der Waals surface area contributed by atoms with Crippen molar-refractivity contribution in [2.45, 2.75) is 19.9 Å². The molecule has 84 valence electrons. The van der Waals surface area contributed by atoms with Gasteiger partial charge in [0.1, 0.15) is 12.2 Å². The van der Waals surface area contributed by atoms with Crippen molar-refractivity contribution in [3.05, 3.63) is 47.5 Å². The lowest BCUT2D eigenvalue weighted by molar-refractivity contribution is 0.669. The molecule has 0 saturated heterocycles. The molecular formula is C12H16N4. The molecule has 0 bridgehead atoms. The minimum atomic E-state index is 0.881. The molecule has 0 unspecified atom stereocenters. The molecule has 0 saturated carbocycles. The quantitative estimate of drug-likeness (QED) is 0.744. The van der Waals surface area contributed by atoms with Gasteiger partial charge < -0.3 is 5.32 Å². The second-order valence-corrected chi connectivity index (χ2v) is 3.79. The Labute approximate surface area is 95.1 Å². The zero-order chi connectivity index (χ0) is 11.2. The summed E-state index contributed by atoms with van der Waals surface area (Å²) in [6.07, 6.45) is 2.42. The predicted octanol–water partition coefficient (Wildman–Crippen LogP) is 1.45. The molecule has 0 aliphatic heterocycles. The molecule has 1 aromatic heterocycles. The van der Waals surface area contributed by atoms with Crippen LogP contribution in [-0.4, -0.2) is 21.7 Å². The van der Waals surface area contributed by atoms with E-state index in [1.807, 2.05) is 0 Å². The van der Waals surface area contributed by atoms with Gasteiger partial charge in [-0.1, -0.05) is 24.3 Å². The van der Waals surface area contributed by atoms with Crippen LogP contribution in [0.4, 0.5) is 0 Å². The van der Waals surface area contributed by atoms with Crippen LogP contribution in [0.3, 0.4) is 0 Å². The van der Waals surface area contributed by atoms with Crippen molar-refractivity contribution in [3.8, 4) is 0 Å². The van der Waals surface area contributed by atoms with Gasteiger partial charge in [0.05, 0.1) is 0 Å². The van der Waals surface area contributed by atoms with Crippen LogP contribution < -0.4 is 5.32 Å². The summed E-state index contributed by atoms with van der Waals surface area (Å²) >= 11 is 0. The Kier molecular flexibility index (Phi) is 3.66. The number of H-pyrrole nitrogens is 1. The normalized spacial score (nSPS) is 10.6. The molecule has 1 heterocycles. The van der Waals surface area contributed by atoms with E-state index in [1.165, 1.54) is 17.5 Å². The maximum Gasteiger partial charge on any atom is 0.137 e. The van der Waals surface area contributed by atoms with Crippen molar-refractivity contribution in [2.24, 2.45) is 0 Å². The third-order valence-corrected chi connectivity index (χ3v) is 2.58. The number of aromatic nitrogens is 3. The van der Waals surface area contributed by atoms with Gasteiger partial charge >= 0.3 is 0 Å². The molecule has 0 amide bonds. The number of hydrogen-bond donors (Lipinski definition) is 2. The fourth-order valence-electron chi connectivity index (χ4n) is 1.59. The number of aryl methyl sites for hydroxylation is 1. The number of nitrogens with one attached hydrogen (secondary N) is 2. The van der Waals surface area contributed by atoms with Crippen LogP contribution in [0.15, 0.2) is 30.6 Å². The first-order valence-corrected chi connectivity index (χ1v) is 5.46. The van der Waals surface area contributed by atoms with E-state index in [1.54, 1.807) is 0 Å². The minimum absolute atomic E-state index is 0.881. The van der Waals surface area contributed by atoms with Crippen LogP contribution in [0.2, 0.25) is 0 Å². The molecule has 0 atom stereocenters. The smallest absolute Gasteiger partial charge is 0.137 e. The number of aromatic amines is 1. The standard InChI is InChI=1S/C12H16N4/c1-10-4-2-3-5-11(10)8-13-7-6-12-14-9-15-16-12/h2-5,9,13H,6-8H2,1H3,(H,14,15,16). The fraction of sp³-hybridized carbons (Fsp3) is 0.333. The summed E-state index contributed by atoms with van der Waals surface area (Å²) in [5, 5.41) is 10.0. The number of nitrogens with zero attached hydrogens (tertiary/aromatic N) is 2. The highest BCUT2D eigenvalue weighted by Gasteiger charge is 1.97. The predicted molar refractivity (Wildman–Crippen MR) is 63.0 cm³/mol. The first-order chi connectivity index (χ1) is 7.86. The van der Waals surface area contributed by atoms with Crippen LogP contribution >= 0.6 is 0 Å². The van der Waals surface area contributed by atoms with Gasteiger partial charge in [0, 0.05) is 19.5 Å². The van der Waals surface area contributed by atoms with E-state index in [4.69, 9.17) is 0 Å². The monoisotopic (exact) mass is 216 g/mol. The maximum absolute atomic E-state index is 4.07. The molecule has 4 nitrogen and oxygen atoms in total. The maximum atomic E-state index is 4.07. The van der Waals surface area contributed by atoms with E-state index in [9.17, 15) is 0 Å². The first-order valence-electron chi connectivity index (χ1n) is 5.46. The summed E-state index contributed by atoms with van der Waals surface area (Å²) in [5.74, 6) is 0.928. The summed E-state index contributed by atoms with van der Waals surface area (Å²) in [6, 6.07) is 8.41. The summed E-state index contributed by atoms with van der Waals surface area (Å²) in [6.45, 7) is 3.94. The molecule has 0 aliphatic carbocycles. The van der Waals surface area contributed by atoms with Gasteiger partial charge in [0.2, 0.25) is 0 Å². The summed E-state index contributed by atoms with van der Waals surface area (Å²) in [4.78, 5) is 4.07. The summed E-state index contributed by atoms with van der Waals surface area (Å²) in [5.41, 5.74) is 2.68. The summed E-state index contributed by atoms with van der Waals surface area (Å²) in [7, 11) is 0. The van der Waals surface area contributed by atoms with Gasteiger partial charge in [-0.2, -0.15) is 5.10 Å². The Morgan fingerprint density at radius 2 is 2.19 bits per heavy atom. The molecule has 2 N–H and O–H groups in total. The Bertz CT molecular complexity index is 422. The number of hydrogen-bond acceptors (Lipinski definition) is 3. The Balaban J connectivity index is 1.74. The van der Waals surface area contributed by atoms with Gasteiger partial charge in [-0.25, -0.2) is 4.98 Å². The van der Waals surface area contributed by atoms with Gasteiger partial charge in [-0.3, -0.25) is 5.10 Å². The highest BCUT2D eigenvalue weighted by Crippen LogP contribution is 2.05. The fourth-order valence-corrected chi connectivity index (χ4v) is 1.59. The second kappa shape index (κ2) is 5.42. The lowest BCUT2D eigenvalue weighted by Crippen LogP contribution is -2.17. The van der Waals surface area contributed by atoms with Crippen molar-refractivity contribution in [3.63, 3.8) is 0 Å². The highest BCUT2D eigenvalue weighted by atomic mass is 15.2. The molecule has 4 heteroatoms. The molecule has 1 aromatic carbocycles. The molecule has 2 aromatic rings. The van der Waals surface area contributed by atoms with Crippen molar-refractivity contribution in [1.82, 2.24) is 20.5 Å². The summed E-state index contributed by atoms with van der Waals surface area (Å²) < 4.78 is 0. The van der Waals surface area contributed by atoms with E-state index in [0.29, 0.717) is 0 Å². The van der Waals surface area contributed by atoms with Crippen molar-refractivity contribution >= 4 is 0 Å². The minimum Gasteiger partial charge on any atom is -0.312 e. The Morgan fingerprint density at radius 1 is 1.31 bits per heavy atom. The van der Waals surface area contributed by atoms with Crippen LogP contribution in [-0.2, 0) is 13.0 Å². The zero-order valence-electron chi connectivity index (χ0n) is 9.40. The van der Waals surface area contributed by atoms with E-state index in [-0.39, 0.29) is 0 Å². The average Bonchev–Trinajstić information content (AvgIpc) is 2.79. The second-order valence-electron chi connectivity index (χ2n) is 3.79. The first kappa shape index (κ1) is 10.8. The third kappa shape index (κ3) is 2.90. The van der Waals surface area contributed by atoms with Crippen molar-refractivity contribution in [1.29, 1.82) is 0 Å². The molecule has 0 spiro atoms. The van der Waals surface area contributed by atoms with Gasteiger partial charge in [-0.05, 0) is 18.1 Å². The van der Waals surface area contributed by atoms with Crippen molar-refractivity contribution < 1.29 is 0 Å². The molecule has 0 aliphatic rings. The number of benzene rings is 1. The Morgan fingerprint density at radius 3 is 2.94 bits per heavy atom. The Hall–Kier alpha value is -1.68. The number of rotatable bonds is 5. The SMILES string of the molecule is Cc1ccccc1CNCCc1ncn[nH]1. The van der Waals surface area contributed by atoms with Crippen LogP contribution in [0.5, 0.6) is 0 Å². The van der Waals surface area contributed by atoms with Crippen molar-refractivity contribution in [2.75, 3.05) is 6.54 Å². The average molecular weight is 216 g/mol. The van der Waals surface area contributed by atoms with Crippen LogP contribution in [0.1, 0.15) is 17.0 Å². The largest absolute Gasteiger partial charge is 0.312 e. The zero-order valence-corrected chi connectivity index (χ0v) is 9.40. The van der Waals surface area contributed by atoms with E-state index >= 15 is 0 Å². The van der Waals surface area contributed by atoms with Crippen LogP contribution in [0.25, 0.3) is 0 Å². The van der Waals surface area contributed by atoms with E-state index in [0.717, 1.165) is 25.3 Å². The molecule has 2 rings (SSSR count). The van der Waals surface area contributed by atoms with Gasteiger partial charge in [0.15, 0.2) is 0 Å². The lowest BCUT2D eigenvalue weighted by atomic mass is 10.1. The van der Waals surface area contributed by atoms with Crippen LogP contribution in [0, 0.1) is 6.92 Å². The molecule has 16 heavy (non-hydrogen) atoms. The van der Waals surface area contributed by atoms with Gasteiger partial charge in [-0.15, -0.1) is 0 Å². The topological polar surface area (TPSA) is 53.6 Å². The lowest BCUT2D eigenvalue weighted by Gasteiger charge is -2.06. The highest BCUT2D eigenvalue weighted by molar-refractivity contribution is 5.25. The molecule has 0 radical (unpaired) electrons. The van der Waals surface area contributed by atoms with Gasteiger partial charge in [0.25, 0.3) is 0 Å². The molecular weight excluding hydrogens is 200 g/mol. The van der Waals surface area contributed by atoms with E-state index < -0.39 is 0 Å². The third-order valence-electron chi connectivity index (χ3n) is 2.58.